The maximum atomic E-state index is 12.9. The van der Waals surface area contributed by atoms with Gasteiger partial charge in [0, 0.05) is 36.2 Å². The summed E-state index contributed by atoms with van der Waals surface area (Å²) >= 11 is 1.69. The van der Waals surface area contributed by atoms with Crippen LogP contribution in [0.1, 0.15) is 18.4 Å². The summed E-state index contributed by atoms with van der Waals surface area (Å²) in [5.41, 5.74) is 0.142. The summed E-state index contributed by atoms with van der Waals surface area (Å²) < 4.78 is 27.1. The van der Waals surface area contributed by atoms with Crippen molar-refractivity contribution in [1.82, 2.24) is 9.62 Å². The molecule has 1 amide bonds. The highest BCUT2D eigenvalue weighted by Crippen LogP contribution is 2.25. The fraction of sp³-hybridized carbons (Fsp3) is 0.333. The second-order valence-corrected chi connectivity index (χ2v) is 9.81. The molecule has 0 radical (unpaired) electrons. The van der Waals surface area contributed by atoms with E-state index in [1.54, 1.807) is 23.9 Å². The van der Waals surface area contributed by atoms with Gasteiger partial charge in [0.15, 0.2) is 0 Å². The minimum Gasteiger partial charge on any atom is -0.355 e. The van der Waals surface area contributed by atoms with Gasteiger partial charge in [0.1, 0.15) is 6.07 Å². The molecule has 2 aromatic rings. The second kappa shape index (κ2) is 9.92. The Hall–Kier alpha value is -2.34. The molecule has 2 aromatic carbocycles. The van der Waals surface area contributed by atoms with E-state index in [0.29, 0.717) is 19.4 Å². The van der Waals surface area contributed by atoms with Gasteiger partial charge in [-0.3, -0.25) is 4.79 Å². The predicted octanol–water partition coefficient (Wildman–Crippen LogP) is 2.87. The molecule has 29 heavy (non-hydrogen) atoms. The Kier molecular flexibility index (Phi) is 7.31. The number of piperidine rings is 1. The van der Waals surface area contributed by atoms with E-state index in [2.05, 4.69) is 5.32 Å². The van der Waals surface area contributed by atoms with Gasteiger partial charge >= 0.3 is 0 Å². The highest BCUT2D eigenvalue weighted by Gasteiger charge is 2.33. The van der Waals surface area contributed by atoms with Gasteiger partial charge in [0.05, 0.1) is 10.5 Å². The molecule has 0 aliphatic carbocycles. The molecule has 1 fully saturated rings. The molecule has 0 aromatic heterocycles. The Morgan fingerprint density at radius 2 is 1.76 bits per heavy atom. The zero-order chi connectivity index (χ0) is 20.7. The van der Waals surface area contributed by atoms with Gasteiger partial charge in [-0.25, -0.2) is 8.42 Å². The van der Waals surface area contributed by atoms with Gasteiger partial charge in [-0.2, -0.15) is 9.57 Å². The Labute approximate surface area is 176 Å². The van der Waals surface area contributed by atoms with Crippen LogP contribution in [0, 0.1) is 17.2 Å². The number of sulfonamides is 1. The van der Waals surface area contributed by atoms with E-state index in [0.717, 1.165) is 10.6 Å². The third-order valence-corrected chi connectivity index (χ3v) is 7.83. The summed E-state index contributed by atoms with van der Waals surface area (Å²) in [6, 6.07) is 18.2. The number of amides is 1. The standard InChI is InChI=1S/C21H23N3O3S2/c22-16-18-6-4-5-9-20(18)29(26,27)24-13-10-17(11-14-24)21(25)23-12-15-28-19-7-2-1-3-8-19/h1-9,17H,10-15H2,(H,23,25). The fourth-order valence-electron chi connectivity index (χ4n) is 3.29. The first-order chi connectivity index (χ1) is 14.0. The van der Waals surface area contributed by atoms with Crippen LogP contribution in [0.15, 0.2) is 64.4 Å². The average molecular weight is 430 g/mol. The van der Waals surface area contributed by atoms with E-state index in [1.807, 2.05) is 36.4 Å². The molecule has 0 bridgehead atoms. The van der Waals surface area contributed by atoms with Crippen molar-refractivity contribution >= 4 is 27.7 Å². The molecule has 8 heteroatoms. The first kappa shape index (κ1) is 21.4. The smallest absolute Gasteiger partial charge is 0.244 e. The normalized spacial score (nSPS) is 15.6. The molecular formula is C21H23N3O3S2. The van der Waals surface area contributed by atoms with Crippen molar-refractivity contribution in [1.29, 1.82) is 5.26 Å². The molecule has 6 nitrogen and oxygen atoms in total. The highest BCUT2D eigenvalue weighted by molar-refractivity contribution is 7.99. The molecule has 1 N–H and O–H groups in total. The van der Waals surface area contributed by atoms with Crippen molar-refractivity contribution in [2.45, 2.75) is 22.6 Å². The SMILES string of the molecule is N#Cc1ccccc1S(=O)(=O)N1CCC(C(=O)NCCSc2ccccc2)CC1. The van der Waals surface area contributed by atoms with Crippen LogP contribution < -0.4 is 5.32 Å². The summed E-state index contributed by atoms with van der Waals surface area (Å²) in [6.07, 6.45) is 0.956. The number of carbonyl (C=O) groups excluding carboxylic acids is 1. The van der Waals surface area contributed by atoms with Crippen LogP contribution in [-0.4, -0.2) is 44.0 Å². The number of rotatable bonds is 7. The zero-order valence-corrected chi connectivity index (χ0v) is 17.6. The summed E-state index contributed by atoms with van der Waals surface area (Å²) in [4.78, 5) is 13.6. The lowest BCUT2D eigenvalue weighted by Gasteiger charge is -2.30. The van der Waals surface area contributed by atoms with Crippen LogP contribution in [-0.2, 0) is 14.8 Å². The Balaban J connectivity index is 1.48. The van der Waals surface area contributed by atoms with Gasteiger partial charge < -0.3 is 5.32 Å². The summed E-state index contributed by atoms with van der Waals surface area (Å²) in [5.74, 6) is 0.580. The van der Waals surface area contributed by atoms with Crippen molar-refractivity contribution in [2.24, 2.45) is 5.92 Å². The molecule has 1 aliphatic heterocycles. The number of nitrogens with one attached hydrogen (secondary N) is 1. The third-order valence-electron chi connectivity index (χ3n) is 4.86. The molecule has 1 saturated heterocycles. The van der Waals surface area contributed by atoms with E-state index in [4.69, 9.17) is 0 Å². The summed E-state index contributed by atoms with van der Waals surface area (Å²) in [7, 11) is -3.73. The number of hydrogen-bond donors (Lipinski definition) is 1. The van der Waals surface area contributed by atoms with Gasteiger partial charge in [0.2, 0.25) is 15.9 Å². The lowest BCUT2D eigenvalue weighted by atomic mass is 9.97. The van der Waals surface area contributed by atoms with Crippen LogP contribution in [0.2, 0.25) is 0 Å². The molecule has 1 heterocycles. The van der Waals surface area contributed by atoms with Crippen LogP contribution in [0.3, 0.4) is 0 Å². The van der Waals surface area contributed by atoms with Crippen molar-refractivity contribution in [3.05, 3.63) is 60.2 Å². The quantitative estimate of drug-likeness (QED) is 0.540. The average Bonchev–Trinajstić information content (AvgIpc) is 2.77. The van der Waals surface area contributed by atoms with Gasteiger partial charge in [-0.15, -0.1) is 11.8 Å². The molecule has 0 saturated carbocycles. The molecular weight excluding hydrogens is 406 g/mol. The van der Waals surface area contributed by atoms with Crippen LogP contribution in [0.4, 0.5) is 0 Å². The Bertz CT molecular complexity index is 980. The van der Waals surface area contributed by atoms with E-state index in [-0.39, 0.29) is 35.4 Å². The maximum Gasteiger partial charge on any atom is 0.244 e. The number of thioether (sulfide) groups is 1. The number of benzene rings is 2. The monoisotopic (exact) mass is 429 g/mol. The zero-order valence-electron chi connectivity index (χ0n) is 16.0. The van der Waals surface area contributed by atoms with Crippen LogP contribution >= 0.6 is 11.8 Å². The number of nitrogens with zero attached hydrogens (tertiary/aromatic N) is 2. The predicted molar refractivity (Wildman–Crippen MR) is 113 cm³/mol. The first-order valence-corrected chi connectivity index (χ1v) is 11.9. The van der Waals surface area contributed by atoms with E-state index < -0.39 is 10.0 Å². The van der Waals surface area contributed by atoms with E-state index in [1.165, 1.54) is 16.4 Å². The maximum absolute atomic E-state index is 12.9. The van der Waals surface area contributed by atoms with Crippen molar-refractivity contribution < 1.29 is 13.2 Å². The molecule has 152 valence electrons. The van der Waals surface area contributed by atoms with Crippen molar-refractivity contribution in [3.63, 3.8) is 0 Å². The number of hydrogen-bond acceptors (Lipinski definition) is 5. The molecule has 0 spiro atoms. The highest BCUT2D eigenvalue weighted by atomic mass is 32.2. The largest absolute Gasteiger partial charge is 0.355 e. The number of carbonyl (C=O) groups is 1. The lowest BCUT2D eigenvalue weighted by Crippen LogP contribution is -2.43. The molecule has 0 unspecified atom stereocenters. The summed E-state index contributed by atoms with van der Waals surface area (Å²) in [5, 5.41) is 12.1. The molecule has 0 atom stereocenters. The van der Waals surface area contributed by atoms with E-state index in [9.17, 15) is 18.5 Å². The van der Waals surface area contributed by atoms with E-state index >= 15 is 0 Å². The Morgan fingerprint density at radius 3 is 2.45 bits per heavy atom. The van der Waals surface area contributed by atoms with Gasteiger partial charge in [0.25, 0.3) is 0 Å². The molecule has 1 aliphatic rings. The van der Waals surface area contributed by atoms with Crippen LogP contribution in [0.25, 0.3) is 0 Å². The molecule has 3 rings (SSSR count). The lowest BCUT2D eigenvalue weighted by molar-refractivity contribution is -0.125. The van der Waals surface area contributed by atoms with Crippen LogP contribution in [0.5, 0.6) is 0 Å². The first-order valence-electron chi connectivity index (χ1n) is 9.47. The number of nitriles is 1. The minimum absolute atomic E-state index is 0.0202. The van der Waals surface area contributed by atoms with Crippen molar-refractivity contribution in [2.75, 3.05) is 25.4 Å². The second-order valence-electron chi connectivity index (χ2n) is 6.74. The van der Waals surface area contributed by atoms with Crippen molar-refractivity contribution in [3.8, 4) is 6.07 Å². The Morgan fingerprint density at radius 1 is 1.10 bits per heavy atom. The minimum atomic E-state index is -3.73. The topological polar surface area (TPSA) is 90.3 Å². The fourth-order valence-corrected chi connectivity index (χ4v) is 5.69. The van der Waals surface area contributed by atoms with Gasteiger partial charge in [-0.05, 0) is 37.1 Å². The third kappa shape index (κ3) is 5.38. The van der Waals surface area contributed by atoms with Gasteiger partial charge in [-0.1, -0.05) is 30.3 Å². The summed E-state index contributed by atoms with van der Waals surface area (Å²) in [6.45, 7) is 1.13.